The minimum Gasteiger partial charge on any atom is -0.393 e. The number of hydrogen-bond donors (Lipinski definition) is 2. The summed E-state index contributed by atoms with van der Waals surface area (Å²) in [5.74, 6) is 0. The Hall–Kier alpha value is -1.55. The molecule has 0 saturated carbocycles. The second kappa shape index (κ2) is 5.24. The third kappa shape index (κ3) is 2.47. The first-order chi connectivity index (χ1) is 6.79. The quantitative estimate of drug-likeness (QED) is 0.431. The minimum atomic E-state index is -0.917. The van der Waals surface area contributed by atoms with Gasteiger partial charge in [-0.05, 0) is 16.7 Å². The summed E-state index contributed by atoms with van der Waals surface area (Å²) in [6.45, 7) is -0.156. The van der Waals surface area contributed by atoms with Gasteiger partial charge in [0.05, 0.1) is 13.2 Å². The van der Waals surface area contributed by atoms with Crippen LogP contribution in [0, 0.1) is 0 Å². The lowest BCUT2D eigenvalue weighted by molar-refractivity contribution is 0.0949. The van der Waals surface area contributed by atoms with E-state index in [0.29, 0.717) is 5.56 Å². The smallest absolute Gasteiger partial charge is 0.102 e. The number of aliphatic hydroxyl groups is 2. The zero-order valence-electron chi connectivity index (χ0n) is 7.54. The Labute approximate surface area is 81.2 Å². The molecule has 14 heavy (non-hydrogen) atoms. The molecule has 74 valence electrons. The van der Waals surface area contributed by atoms with E-state index in [2.05, 4.69) is 10.0 Å². The van der Waals surface area contributed by atoms with Crippen molar-refractivity contribution in [2.45, 2.75) is 12.6 Å². The van der Waals surface area contributed by atoms with Crippen LogP contribution in [-0.4, -0.2) is 16.8 Å². The molecule has 0 aliphatic heterocycles. The Kier molecular flexibility index (Phi) is 3.94. The molecule has 1 aromatic rings. The first kappa shape index (κ1) is 10.5. The molecule has 1 atom stereocenters. The van der Waals surface area contributed by atoms with Gasteiger partial charge in [-0.3, -0.25) is 0 Å². The molecule has 0 aliphatic carbocycles. The van der Waals surface area contributed by atoms with Crippen LogP contribution < -0.4 is 0 Å². The van der Waals surface area contributed by atoms with Crippen LogP contribution >= 0.6 is 0 Å². The Morgan fingerprint density at radius 1 is 1.43 bits per heavy atom. The SMILES string of the molecule is [N-]=[N+]=NCc1ccccc1C(O)CO. The van der Waals surface area contributed by atoms with Crippen molar-refractivity contribution in [3.63, 3.8) is 0 Å². The topological polar surface area (TPSA) is 89.2 Å². The second-order valence-electron chi connectivity index (χ2n) is 2.79. The van der Waals surface area contributed by atoms with Crippen LogP contribution in [0.15, 0.2) is 29.4 Å². The van der Waals surface area contributed by atoms with E-state index in [-0.39, 0.29) is 13.2 Å². The third-order valence-corrected chi connectivity index (χ3v) is 1.89. The summed E-state index contributed by atoms with van der Waals surface area (Å²) in [7, 11) is 0. The maximum Gasteiger partial charge on any atom is 0.102 e. The van der Waals surface area contributed by atoms with Crippen molar-refractivity contribution < 1.29 is 10.2 Å². The van der Waals surface area contributed by atoms with Gasteiger partial charge in [-0.1, -0.05) is 29.4 Å². The van der Waals surface area contributed by atoms with Crippen LogP contribution in [0.3, 0.4) is 0 Å². The van der Waals surface area contributed by atoms with Crippen LogP contribution in [0.1, 0.15) is 17.2 Å². The van der Waals surface area contributed by atoms with Crippen molar-refractivity contribution in [2.75, 3.05) is 6.61 Å². The van der Waals surface area contributed by atoms with E-state index in [4.69, 9.17) is 10.6 Å². The second-order valence-corrected chi connectivity index (χ2v) is 2.79. The van der Waals surface area contributed by atoms with Crippen molar-refractivity contribution in [1.82, 2.24) is 0 Å². The van der Waals surface area contributed by atoms with E-state index in [1.54, 1.807) is 24.3 Å². The molecule has 0 bridgehead atoms. The van der Waals surface area contributed by atoms with Gasteiger partial charge in [0, 0.05) is 4.91 Å². The van der Waals surface area contributed by atoms with E-state index < -0.39 is 6.10 Å². The maximum atomic E-state index is 9.42. The molecule has 1 aromatic carbocycles. The average molecular weight is 193 g/mol. The molecule has 0 radical (unpaired) electrons. The van der Waals surface area contributed by atoms with Crippen molar-refractivity contribution in [1.29, 1.82) is 0 Å². The lowest BCUT2D eigenvalue weighted by atomic mass is 10.0. The van der Waals surface area contributed by atoms with E-state index in [1.165, 1.54) is 0 Å². The Balaban J connectivity index is 2.96. The fourth-order valence-corrected chi connectivity index (χ4v) is 1.21. The van der Waals surface area contributed by atoms with Crippen molar-refractivity contribution in [3.8, 4) is 0 Å². The normalized spacial score (nSPS) is 11.9. The van der Waals surface area contributed by atoms with E-state index in [0.717, 1.165) is 5.56 Å². The highest BCUT2D eigenvalue weighted by Gasteiger charge is 2.09. The van der Waals surface area contributed by atoms with Gasteiger partial charge in [-0.15, -0.1) is 0 Å². The number of benzene rings is 1. The fraction of sp³-hybridized carbons (Fsp3) is 0.333. The highest BCUT2D eigenvalue weighted by molar-refractivity contribution is 5.29. The van der Waals surface area contributed by atoms with Gasteiger partial charge < -0.3 is 10.2 Å². The minimum absolute atomic E-state index is 0.184. The van der Waals surface area contributed by atoms with Crippen LogP contribution in [0.2, 0.25) is 0 Å². The van der Waals surface area contributed by atoms with Gasteiger partial charge in [-0.25, -0.2) is 0 Å². The molecule has 1 unspecified atom stereocenters. The number of aliphatic hydroxyl groups excluding tert-OH is 2. The molecule has 1 rings (SSSR count). The summed E-state index contributed by atoms with van der Waals surface area (Å²) in [6, 6.07) is 7.00. The first-order valence-corrected chi connectivity index (χ1v) is 4.17. The number of hydrogen-bond acceptors (Lipinski definition) is 3. The summed E-state index contributed by atoms with van der Waals surface area (Å²) in [5.41, 5.74) is 9.49. The predicted octanol–water partition coefficient (Wildman–Crippen LogP) is 1.52. The Morgan fingerprint density at radius 3 is 2.79 bits per heavy atom. The van der Waals surface area contributed by atoms with Gasteiger partial charge in [0.25, 0.3) is 0 Å². The zero-order chi connectivity index (χ0) is 10.4. The molecule has 0 heterocycles. The third-order valence-electron chi connectivity index (χ3n) is 1.89. The molecule has 5 heteroatoms. The molecule has 0 saturated heterocycles. The van der Waals surface area contributed by atoms with Gasteiger partial charge >= 0.3 is 0 Å². The molecule has 0 fully saturated rings. The van der Waals surface area contributed by atoms with Gasteiger partial charge in [0.2, 0.25) is 0 Å². The largest absolute Gasteiger partial charge is 0.393 e. The molecule has 5 nitrogen and oxygen atoms in total. The molecule has 0 spiro atoms. The van der Waals surface area contributed by atoms with Crippen LogP contribution in [-0.2, 0) is 6.54 Å². The zero-order valence-corrected chi connectivity index (χ0v) is 7.54. The molecule has 0 aromatic heterocycles. The number of rotatable bonds is 4. The van der Waals surface area contributed by atoms with Gasteiger partial charge in [0.1, 0.15) is 6.10 Å². The number of nitrogens with zero attached hydrogens (tertiary/aromatic N) is 3. The summed E-state index contributed by atoms with van der Waals surface area (Å²) in [4.78, 5) is 2.64. The molecule has 0 aliphatic rings. The van der Waals surface area contributed by atoms with Crippen LogP contribution in [0.25, 0.3) is 10.4 Å². The Bertz CT molecular complexity index is 348. The lowest BCUT2D eigenvalue weighted by Gasteiger charge is -2.11. The monoisotopic (exact) mass is 193 g/mol. The summed E-state index contributed by atoms with van der Waals surface area (Å²) >= 11 is 0. The molecular weight excluding hydrogens is 182 g/mol. The van der Waals surface area contributed by atoms with E-state index >= 15 is 0 Å². The van der Waals surface area contributed by atoms with E-state index in [9.17, 15) is 5.11 Å². The highest BCUT2D eigenvalue weighted by atomic mass is 16.3. The summed E-state index contributed by atoms with van der Waals surface area (Å²) in [5, 5.41) is 21.6. The summed E-state index contributed by atoms with van der Waals surface area (Å²) in [6.07, 6.45) is -0.917. The maximum absolute atomic E-state index is 9.42. The lowest BCUT2D eigenvalue weighted by Crippen LogP contribution is -2.05. The van der Waals surface area contributed by atoms with Crippen molar-refractivity contribution in [2.24, 2.45) is 5.11 Å². The molecule has 2 N–H and O–H groups in total. The summed E-state index contributed by atoms with van der Waals surface area (Å²) < 4.78 is 0. The molecular formula is C9H11N3O2. The fourth-order valence-electron chi connectivity index (χ4n) is 1.21. The van der Waals surface area contributed by atoms with Crippen LogP contribution in [0.5, 0.6) is 0 Å². The number of azide groups is 1. The van der Waals surface area contributed by atoms with Crippen LogP contribution in [0.4, 0.5) is 0 Å². The highest BCUT2D eigenvalue weighted by Crippen LogP contribution is 2.18. The van der Waals surface area contributed by atoms with E-state index in [1.807, 2.05) is 0 Å². The predicted molar refractivity (Wildman–Crippen MR) is 51.3 cm³/mol. The standard InChI is InChI=1S/C9H11N3O2/c10-12-11-5-7-3-1-2-4-8(7)9(14)6-13/h1-4,9,13-14H,5-6H2. The average Bonchev–Trinajstić information content (AvgIpc) is 2.25. The van der Waals surface area contributed by atoms with Gasteiger partial charge in [0.15, 0.2) is 0 Å². The van der Waals surface area contributed by atoms with Gasteiger partial charge in [-0.2, -0.15) is 0 Å². The van der Waals surface area contributed by atoms with Crippen molar-refractivity contribution in [3.05, 3.63) is 45.8 Å². The first-order valence-electron chi connectivity index (χ1n) is 4.17. The Morgan fingerprint density at radius 2 is 2.14 bits per heavy atom. The van der Waals surface area contributed by atoms with Crippen molar-refractivity contribution >= 4 is 0 Å². The molecule has 0 amide bonds.